The largest absolute Gasteiger partial charge is 0.507 e. The number of para-hydroxylation sites is 1. The van der Waals surface area contributed by atoms with Gasteiger partial charge in [-0.05, 0) is 24.6 Å². The van der Waals surface area contributed by atoms with Crippen molar-refractivity contribution in [3.8, 4) is 5.75 Å². The first-order valence-corrected chi connectivity index (χ1v) is 8.01. The number of carboxylic acid groups (broad SMARTS) is 1. The standard InChI is InChI=1S/C19H14N2O5/c22-14-7-3-5-12-16(14)19(26)21(18(12)25)17-11(8-9-15(23)24)10-4-1-2-6-13(10)20-17/h1-7,20,22H,8-9H2,(H,23,24). The van der Waals surface area contributed by atoms with E-state index in [1.807, 2.05) is 6.07 Å². The van der Waals surface area contributed by atoms with Gasteiger partial charge in [-0.2, -0.15) is 0 Å². The van der Waals surface area contributed by atoms with Crippen LogP contribution in [0, 0.1) is 0 Å². The van der Waals surface area contributed by atoms with E-state index in [0.29, 0.717) is 11.1 Å². The van der Waals surface area contributed by atoms with Crippen LogP contribution in [-0.4, -0.2) is 33.0 Å². The lowest BCUT2D eigenvalue weighted by atomic mass is 10.1. The van der Waals surface area contributed by atoms with Crippen molar-refractivity contribution in [2.75, 3.05) is 4.90 Å². The average Bonchev–Trinajstić information content (AvgIpc) is 3.09. The number of amides is 2. The van der Waals surface area contributed by atoms with E-state index in [0.717, 1.165) is 10.3 Å². The normalized spacial score (nSPS) is 13.5. The topological polar surface area (TPSA) is 111 Å². The van der Waals surface area contributed by atoms with Crippen molar-refractivity contribution >= 4 is 34.5 Å². The molecule has 0 spiro atoms. The zero-order valence-electron chi connectivity index (χ0n) is 13.5. The number of aromatic hydroxyl groups is 1. The third kappa shape index (κ3) is 2.25. The quantitative estimate of drug-likeness (QED) is 0.627. The summed E-state index contributed by atoms with van der Waals surface area (Å²) in [5.74, 6) is -2.17. The Morgan fingerprint density at radius 1 is 1.04 bits per heavy atom. The molecule has 0 atom stereocenters. The van der Waals surface area contributed by atoms with Gasteiger partial charge < -0.3 is 15.2 Å². The molecule has 2 aromatic carbocycles. The van der Waals surface area contributed by atoms with Gasteiger partial charge in [-0.3, -0.25) is 14.4 Å². The van der Waals surface area contributed by atoms with Gasteiger partial charge in [0, 0.05) is 22.9 Å². The van der Waals surface area contributed by atoms with Crippen molar-refractivity contribution in [3.05, 3.63) is 59.2 Å². The number of phenolic OH excluding ortho intramolecular Hbond substituents is 1. The van der Waals surface area contributed by atoms with Crippen LogP contribution in [0.5, 0.6) is 5.75 Å². The van der Waals surface area contributed by atoms with E-state index >= 15 is 0 Å². The number of carbonyl (C=O) groups is 3. The van der Waals surface area contributed by atoms with Crippen LogP contribution in [-0.2, 0) is 11.2 Å². The number of phenols is 1. The predicted molar refractivity (Wildman–Crippen MR) is 93.5 cm³/mol. The number of benzene rings is 2. The smallest absolute Gasteiger partial charge is 0.303 e. The highest BCUT2D eigenvalue weighted by atomic mass is 16.4. The molecule has 0 bridgehead atoms. The predicted octanol–water partition coefficient (Wildman–Crippen LogP) is 2.69. The van der Waals surface area contributed by atoms with Gasteiger partial charge in [-0.25, -0.2) is 4.90 Å². The molecule has 2 heterocycles. The van der Waals surface area contributed by atoms with Gasteiger partial charge in [0.15, 0.2) is 0 Å². The summed E-state index contributed by atoms with van der Waals surface area (Å²) >= 11 is 0. The molecule has 7 nitrogen and oxygen atoms in total. The number of nitrogens with zero attached hydrogens (tertiary/aromatic N) is 1. The molecule has 3 N–H and O–H groups in total. The number of H-pyrrole nitrogens is 1. The monoisotopic (exact) mass is 350 g/mol. The van der Waals surface area contributed by atoms with Crippen LogP contribution in [0.4, 0.5) is 5.82 Å². The third-order valence-electron chi connectivity index (χ3n) is 4.50. The maximum Gasteiger partial charge on any atom is 0.303 e. The maximum absolute atomic E-state index is 12.8. The number of aromatic nitrogens is 1. The molecule has 130 valence electrons. The lowest BCUT2D eigenvalue weighted by Crippen LogP contribution is -2.30. The molecule has 3 aromatic rings. The number of aryl methyl sites for hydroxylation is 1. The van der Waals surface area contributed by atoms with E-state index in [-0.39, 0.29) is 35.5 Å². The Hall–Kier alpha value is -3.61. The summed E-state index contributed by atoms with van der Waals surface area (Å²) in [7, 11) is 0. The summed E-state index contributed by atoms with van der Waals surface area (Å²) in [5.41, 5.74) is 1.36. The summed E-state index contributed by atoms with van der Waals surface area (Å²) in [5, 5.41) is 19.8. The lowest BCUT2D eigenvalue weighted by Gasteiger charge is -2.14. The highest BCUT2D eigenvalue weighted by Gasteiger charge is 2.40. The number of hydrogen-bond acceptors (Lipinski definition) is 4. The van der Waals surface area contributed by atoms with Crippen molar-refractivity contribution < 1.29 is 24.6 Å². The number of carboxylic acids is 1. The van der Waals surface area contributed by atoms with Crippen molar-refractivity contribution in [1.82, 2.24) is 4.98 Å². The molecular weight excluding hydrogens is 336 g/mol. The number of aromatic amines is 1. The van der Waals surface area contributed by atoms with Gasteiger partial charge in [0.2, 0.25) is 0 Å². The molecule has 7 heteroatoms. The first-order chi connectivity index (χ1) is 12.5. The van der Waals surface area contributed by atoms with E-state index in [1.54, 1.807) is 18.2 Å². The molecule has 0 fully saturated rings. The highest BCUT2D eigenvalue weighted by Crippen LogP contribution is 2.37. The van der Waals surface area contributed by atoms with E-state index in [9.17, 15) is 19.5 Å². The molecule has 0 saturated carbocycles. The van der Waals surface area contributed by atoms with Gasteiger partial charge in [0.25, 0.3) is 11.8 Å². The van der Waals surface area contributed by atoms with E-state index in [1.165, 1.54) is 18.2 Å². The number of nitrogens with one attached hydrogen (secondary N) is 1. The molecular formula is C19H14N2O5. The summed E-state index contributed by atoms with van der Waals surface area (Å²) in [6.07, 6.45) is 0.0251. The van der Waals surface area contributed by atoms with E-state index in [2.05, 4.69) is 4.98 Å². The summed E-state index contributed by atoms with van der Waals surface area (Å²) in [6.45, 7) is 0. The zero-order valence-corrected chi connectivity index (χ0v) is 13.5. The van der Waals surface area contributed by atoms with Crippen molar-refractivity contribution in [2.24, 2.45) is 0 Å². The Morgan fingerprint density at radius 2 is 1.81 bits per heavy atom. The number of rotatable bonds is 4. The number of carbonyl (C=O) groups excluding carboxylic acids is 2. The van der Waals surface area contributed by atoms with Crippen LogP contribution >= 0.6 is 0 Å². The second-order valence-corrected chi connectivity index (χ2v) is 6.04. The lowest BCUT2D eigenvalue weighted by molar-refractivity contribution is -0.136. The van der Waals surface area contributed by atoms with Gasteiger partial charge in [0.05, 0.1) is 11.1 Å². The Kier molecular flexibility index (Phi) is 3.50. The Labute approximate surface area is 147 Å². The first kappa shape index (κ1) is 15.9. The van der Waals surface area contributed by atoms with Crippen LogP contribution < -0.4 is 4.90 Å². The van der Waals surface area contributed by atoms with Crippen molar-refractivity contribution in [1.29, 1.82) is 0 Å². The number of anilines is 1. The molecule has 0 saturated heterocycles. The fourth-order valence-electron chi connectivity index (χ4n) is 3.33. The summed E-state index contributed by atoms with van der Waals surface area (Å²) < 4.78 is 0. The number of imide groups is 1. The summed E-state index contributed by atoms with van der Waals surface area (Å²) in [4.78, 5) is 40.6. The molecule has 1 aromatic heterocycles. The Morgan fingerprint density at radius 3 is 2.54 bits per heavy atom. The Bertz CT molecular complexity index is 1080. The minimum Gasteiger partial charge on any atom is -0.507 e. The van der Waals surface area contributed by atoms with Gasteiger partial charge in [-0.15, -0.1) is 0 Å². The molecule has 4 rings (SSSR count). The van der Waals surface area contributed by atoms with Crippen molar-refractivity contribution in [2.45, 2.75) is 12.8 Å². The van der Waals surface area contributed by atoms with Crippen LogP contribution in [0.15, 0.2) is 42.5 Å². The van der Waals surface area contributed by atoms with E-state index in [4.69, 9.17) is 5.11 Å². The Balaban J connectivity index is 1.88. The fourth-order valence-corrected chi connectivity index (χ4v) is 3.33. The molecule has 1 aliphatic heterocycles. The minimum absolute atomic E-state index is 0.0414. The fraction of sp³-hybridized carbons (Fsp3) is 0.105. The number of fused-ring (bicyclic) bond motifs is 2. The molecule has 26 heavy (non-hydrogen) atoms. The number of hydrogen-bond donors (Lipinski definition) is 3. The average molecular weight is 350 g/mol. The van der Waals surface area contributed by atoms with Crippen LogP contribution in [0.25, 0.3) is 10.9 Å². The molecule has 0 aliphatic carbocycles. The van der Waals surface area contributed by atoms with Crippen LogP contribution in [0.1, 0.15) is 32.7 Å². The van der Waals surface area contributed by atoms with Crippen LogP contribution in [0.2, 0.25) is 0 Å². The minimum atomic E-state index is -0.971. The third-order valence-corrected chi connectivity index (χ3v) is 4.50. The molecule has 0 radical (unpaired) electrons. The van der Waals surface area contributed by atoms with Gasteiger partial charge >= 0.3 is 5.97 Å². The van der Waals surface area contributed by atoms with Gasteiger partial charge in [-0.1, -0.05) is 24.3 Å². The van der Waals surface area contributed by atoms with Crippen LogP contribution in [0.3, 0.4) is 0 Å². The first-order valence-electron chi connectivity index (χ1n) is 8.01. The second-order valence-electron chi connectivity index (χ2n) is 6.04. The molecule has 0 unspecified atom stereocenters. The zero-order chi connectivity index (χ0) is 18.4. The summed E-state index contributed by atoms with van der Waals surface area (Å²) in [6, 6.07) is 11.5. The SMILES string of the molecule is O=C(O)CCc1c(N2C(=O)c3cccc(O)c3C2=O)[nH]c2ccccc12. The van der Waals surface area contributed by atoms with Crippen molar-refractivity contribution in [3.63, 3.8) is 0 Å². The molecule has 2 amide bonds. The number of aliphatic carboxylic acids is 1. The second kappa shape index (κ2) is 5.73. The highest BCUT2D eigenvalue weighted by molar-refractivity contribution is 6.35. The van der Waals surface area contributed by atoms with Gasteiger partial charge in [0.1, 0.15) is 11.6 Å². The van der Waals surface area contributed by atoms with E-state index < -0.39 is 17.8 Å². The molecule has 1 aliphatic rings. The maximum atomic E-state index is 12.8.